The number of halogens is 2. The summed E-state index contributed by atoms with van der Waals surface area (Å²) in [6.07, 6.45) is 1.48. The molecule has 7 heteroatoms. The van der Waals surface area contributed by atoms with Crippen molar-refractivity contribution in [1.29, 1.82) is 0 Å². The molecule has 0 bridgehead atoms. The van der Waals surface area contributed by atoms with Crippen LogP contribution in [0.3, 0.4) is 0 Å². The highest BCUT2D eigenvalue weighted by Gasteiger charge is 2.15. The maximum Gasteiger partial charge on any atom is 0.322 e. The highest BCUT2D eigenvalue weighted by molar-refractivity contribution is 6.37. The van der Waals surface area contributed by atoms with Crippen molar-refractivity contribution in [3.05, 3.63) is 75.1 Å². The second kappa shape index (κ2) is 7.68. The lowest BCUT2D eigenvalue weighted by Gasteiger charge is -2.03. The monoisotopic (exact) mass is 375 g/mol. The molecule has 0 aliphatic heterocycles. The molecule has 1 aromatic heterocycles. The zero-order valence-electron chi connectivity index (χ0n) is 13.4. The van der Waals surface area contributed by atoms with Gasteiger partial charge in [0.05, 0.1) is 17.0 Å². The van der Waals surface area contributed by atoms with Gasteiger partial charge in [-0.3, -0.25) is 10.1 Å². The van der Waals surface area contributed by atoms with Crippen molar-refractivity contribution >= 4 is 35.1 Å². The van der Waals surface area contributed by atoms with Crippen LogP contribution in [0.4, 0.5) is 6.01 Å². The summed E-state index contributed by atoms with van der Waals surface area (Å²) in [7, 11) is 0. The Hall–Kier alpha value is -2.37. The maximum absolute atomic E-state index is 12.2. The molecule has 0 aliphatic carbocycles. The number of nitrogens with zero attached hydrogens (tertiary/aromatic N) is 2. The van der Waals surface area contributed by atoms with Gasteiger partial charge in [-0.2, -0.15) is 0 Å². The Labute approximate surface area is 155 Å². The molecule has 0 atom stereocenters. The summed E-state index contributed by atoms with van der Waals surface area (Å²) in [5, 5.41) is 11.0. The lowest BCUT2D eigenvalue weighted by Crippen LogP contribution is -2.12. The SMILES string of the molecule is CCc1ccc(Cc2nnc(NC(=O)c3ccc(Cl)cc3Cl)o2)cc1. The molecule has 128 valence electrons. The molecule has 2 aromatic carbocycles. The number of hydrogen-bond donors (Lipinski definition) is 1. The fraction of sp³-hybridized carbons (Fsp3) is 0.167. The first kappa shape index (κ1) is 17.5. The fourth-order valence-electron chi connectivity index (χ4n) is 2.28. The van der Waals surface area contributed by atoms with Gasteiger partial charge in [-0.1, -0.05) is 59.5 Å². The van der Waals surface area contributed by atoms with E-state index in [4.69, 9.17) is 27.6 Å². The van der Waals surface area contributed by atoms with E-state index in [9.17, 15) is 4.79 Å². The Morgan fingerprint density at radius 2 is 1.80 bits per heavy atom. The van der Waals surface area contributed by atoms with Crippen LogP contribution in [0.5, 0.6) is 0 Å². The summed E-state index contributed by atoms with van der Waals surface area (Å²) in [5.74, 6) is -0.0223. The van der Waals surface area contributed by atoms with Crippen molar-refractivity contribution in [3.63, 3.8) is 0 Å². The van der Waals surface area contributed by atoms with Crippen LogP contribution in [-0.4, -0.2) is 16.1 Å². The normalized spacial score (nSPS) is 10.7. The number of hydrogen-bond acceptors (Lipinski definition) is 4. The Morgan fingerprint density at radius 1 is 1.08 bits per heavy atom. The third-order valence-corrected chi connectivity index (χ3v) is 4.20. The Kier molecular flexibility index (Phi) is 5.36. The summed E-state index contributed by atoms with van der Waals surface area (Å²) < 4.78 is 5.48. The molecule has 3 rings (SSSR count). The zero-order valence-corrected chi connectivity index (χ0v) is 14.9. The highest BCUT2D eigenvalue weighted by Crippen LogP contribution is 2.22. The van der Waals surface area contributed by atoms with E-state index < -0.39 is 5.91 Å². The Morgan fingerprint density at radius 3 is 2.48 bits per heavy atom. The number of aryl methyl sites for hydroxylation is 1. The second-order valence-electron chi connectivity index (χ2n) is 5.43. The van der Waals surface area contributed by atoms with E-state index in [1.807, 2.05) is 12.1 Å². The van der Waals surface area contributed by atoms with E-state index in [0.717, 1.165) is 12.0 Å². The van der Waals surface area contributed by atoms with Crippen molar-refractivity contribution in [3.8, 4) is 0 Å². The molecule has 0 saturated carbocycles. The average molecular weight is 376 g/mol. The lowest BCUT2D eigenvalue weighted by atomic mass is 10.1. The molecule has 3 aromatic rings. The standard InChI is InChI=1S/C18H15Cl2N3O2/c1-2-11-3-5-12(6-4-11)9-16-22-23-18(25-16)21-17(24)14-8-7-13(19)10-15(14)20/h3-8,10H,2,9H2,1H3,(H,21,23,24). The van der Waals surface area contributed by atoms with Crippen molar-refractivity contribution in [2.45, 2.75) is 19.8 Å². The van der Waals surface area contributed by atoms with E-state index in [2.05, 4.69) is 34.6 Å². The summed E-state index contributed by atoms with van der Waals surface area (Å²) in [6, 6.07) is 12.8. The number of nitrogens with one attached hydrogen (secondary N) is 1. The van der Waals surface area contributed by atoms with Crippen LogP contribution in [0.2, 0.25) is 10.0 Å². The van der Waals surface area contributed by atoms with Crippen LogP contribution in [0.25, 0.3) is 0 Å². The van der Waals surface area contributed by atoms with E-state index in [1.54, 1.807) is 6.07 Å². The minimum atomic E-state index is -0.441. The van der Waals surface area contributed by atoms with Gasteiger partial charge in [-0.05, 0) is 35.7 Å². The number of anilines is 1. The van der Waals surface area contributed by atoms with Gasteiger partial charge in [0.15, 0.2) is 0 Å². The van der Waals surface area contributed by atoms with Gasteiger partial charge >= 0.3 is 6.01 Å². The molecule has 25 heavy (non-hydrogen) atoms. The quantitative estimate of drug-likeness (QED) is 0.696. The number of carbonyl (C=O) groups is 1. The predicted octanol–water partition coefficient (Wildman–Crippen LogP) is 4.78. The van der Waals surface area contributed by atoms with Crippen molar-refractivity contribution in [2.24, 2.45) is 0 Å². The molecule has 5 nitrogen and oxygen atoms in total. The summed E-state index contributed by atoms with van der Waals surface area (Å²) >= 11 is 11.8. The molecular weight excluding hydrogens is 361 g/mol. The molecule has 0 radical (unpaired) electrons. The van der Waals surface area contributed by atoms with Gasteiger partial charge in [0.25, 0.3) is 5.91 Å². The van der Waals surface area contributed by atoms with Gasteiger partial charge in [0.1, 0.15) is 0 Å². The minimum Gasteiger partial charge on any atom is -0.407 e. The van der Waals surface area contributed by atoms with Crippen LogP contribution in [0.1, 0.15) is 34.3 Å². The number of amides is 1. The molecule has 0 fully saturated rings. The van der Waals surface area contributed by atoms with Gasteiger partial charge in [0.2, 0.25) is 5.89 Å². The molecule has 1 heterocycles. The first-order valence-electron chi connectivity index (χ1n) is 7.71. The van der Waals surface area contributed by atoms with Crippen LogP contribution < -0.4 is 5.32 Å². The first-order valence-corrected chi connectivity index (χ1v) is 8.47. The predicted molar refractivity (Wildman–Crippen MR) is 97.3 cm³/mol. The smallest absolute Gasteiger partial charge is 0.322 e. The second-order valence-corrected chi connectivity index (χ2v) is 6.27. The minimum absolute atomic E-state index is 0.0243. The highest BCUT2D eigenvalue weighted by atomic mass is 35.5. The van der Waals surface area contributed by atoms with E-state index in [-0.39, 0.29) is 16.6 Å². The third kappa shape index (κ3) is 4.38. The van der Waals surface area contributed by atoms with Crippen LogP contribution >= 0.6 is 23.2 Å². The molecule has 0 saturated heterocycles. The molecule has 0 spiro atoms. The molecular formula is C18H15Cl2N3O2. The van der Waals surface area contributed by atoms with Crippen molar-refractivity contribution in [1.82, 2.24) is 10.2 Å². The number of aromatic nitrogens is 2. The van der Waals surface area contributed by atoms with E-state index >= 15 is 0 Å². The number of carbonyl (C=O) groups excluding carboxylic acids is 1. The van der Waals surface area contributed by atoms with Crippen LogP contribution in [0, 0.1) is 0 Å². The Balaban J connectivity index is 1.67. The van der Waals surface area contributed by atoms with Crippen LogP contribution in [-0.2, 0) is 12.8 Å². The van der Waals surface area contributed by atoms with E-state index in [0.29, 0.717) is 17.3 Å². The summed E-state index contributed by atoms with van der Waals surface area (Å²) in [4.78, 5) is 12.2. The molecule has 1 amide bonds. The molecule has 0 unspecified atom stereocenters. The van der Waals surface area contributed by atoms with Gasteiger partial charge in [0, 0.05) is 5.02 Å². The van der Waals surface area contributed by atoms with Crippen molar-refractivity contribution in [2.75, 3.05) is 5.32 Å². The van der Waals surface area contributed by atoms with Crippen LogP contribution in [0.15, 0.2) is 46.9 Å². The maximum atomic E-state index is 12.2. The summed E-state index contributed by atoms with van der Waals surface area (Å²) in [5.41, 5.74) is 2.60. The first-order chi connectivity index (χ1) is 12.0. The molecule has 1 N–H and O–H groups in total. The summed E-state index contributed by atoms with van der Waals surface area (Å²) in [6.45, 7) is 2.11. The number of benzene rings is 2. The third-order valence-electron chi connectivity index (χ3n) is 3.65. The fourth-order valence-corrected chi connectivity index (χ4v) is 2.78. The average Bonchev–Trinajstić information content (AvgIpc) is 3.02. The Bertz CT molecular complexity index is 892. The van der Waals surface area contributed by atoms with E-state index in [1.165, 1.54) is 17.7 Å². The van der Waals surface area contributed by atoms with Crippen molar-refractivity contribution < 1.29 is 9.21 Å². The molecule has 0 aliphatic rings. The largest absolute Gasteiger partial charge is 0.407 e. The van der Waals surface area contributed by atoms with Gasteiger partial charge in [-0.25, -0.2) is 0 Å². The number of rotatable bonds is 5. The zero-order chi connectivity index (χ0) is 17.8. The lowest BCUT2D eigenvalue weighted by molar-refractivity contribution is 0.102. The van der Waals surface area contributed by atoms with Gasteiger partial charge in [-0.15, -0.1) is 5.10 Å². The topological polar surface area (TPSA) is 68.0 Å². The van der Waals surface area contributed by atoms with Gasteiger partial charge < -0.3 is 4.42 Å².